The van der Waals surface area contributed by atoms with Crippen molar-refractivity contribution in [1.29, 1.82) is 0 Å². The number of benzene rings is 1. The highest BCUT2D eigenvalue weighted by Gasteiger charge is 2.11. The number of Topliss-reactive ketones (excluding diaryl/α,β-unsaturated/α-hetero) is 1. The van der Waals surface area contributed by atoms with Gasteiger partial charge in [-0.3, -0.25) is 9.78 Å². The minimum Gasteiger partial charge on any atom is -0.300 e. The van der Waals surface area contributed by atoms with Gasteiger partial charge in [-0.25, -0.2) is 0 Å². The quantitative estimate of drug-likeness (QED) is 0.815. The Bertz CT molecular complexity index is 711. The number of fused-ring (bicyclic) bond motifs is 3. The van der Waals surface area contributed by atoms with Gasteiger partial charge in [0.15, 0.2) is 0 Å². The summed E-state index contributed by atoms with van der Waals surface area (Å²) < 4.78 is 0. The molecule has 94 valence electrons. The summed E-state index contributed by atoms with van der Waals surface area (Å²) in [5.41, 5.74) is 4.54. The third-order valence-electron chi connectivity index (χ3n) is 3.43. The van der Waals surface area contributed by atoms with Crippen molar-refractivity contribution >= 4 is 22.8 Å². The molecular formula is C17H15NO. The molecule has 1 aliphatic carbocycles. The number of allylic oxidation sites excluding steroid dienone is 3. The molecule has 0 N–H and O–H groups in total. The smallest absolute Gasteiger partial charge is 0.134 e. The van der Waals surface area contributed by atoms with Crippen molar-refractivity contribution in [2.75, 3.05) is 0 Å². The van der Waals surface area contributed by atoms with Crippen LogP contribution in [0.5, 0.6) is 0 Å². The van der Waals surface area contributed by atoms with Crippen LogP contribution in [0.25, 0.3) is 17.0 Å². The Kier molecular flexibility index (Phi) is 3.00. The molecule has 1 aromatic heterocycles. The second kappa shape index (κ2) is 4.81. The van der Waals surface area contributed by atoms with Crippen LogP contribution < -0.4 is 0 Å². The average Bonchev–Trinajstić information content (AvgIpc) is 2.63. The van der Waals surface area contributed by atoms with E-state index in [1.165, 1.54) is 11.1 Å². The van der Waals surface area contributed by atoms with Gasteiger partial charge in [0.25, 0.3) is 0 Å². The van der Waals surface area contributed by atoms with Crippen LogP contribution in [0, 0.1) is 0 Å². The fourth-order valence-corrected chi connectivity index (χ4v) is 2.57. The maximum atomic E-state index is 11.4. The lowest BCUT2D eigenvalue weighted by Gasteiger charge is -2.10. The molecule has 0 saturated carbocycles. The number of nitrogens with zero attached hydrogens (tertiary/aromatic N) is 1. The first-order valence-electron chi connectivity index (χ1n) is 6.48. The Morgan fingerprint density at radius 1 is 1.26 bits per heavy atom. The van der Waals surface area contributed by atoms with Gasteiger partial charge < -0.3 is 0 Å². The van der Waals surface area contributed by atoms with Crippen molar-refractivity contribution in [2.24, 2.45) is 0 Å². The minimum absolute atomic E-state index is 0.183. The maximum absolute atomic E-state index is 11.4. The average molecular weight is 249 g/mol. The van der Waals surface area contributed by atoms with E-state index in [2.05, 4.69) is 41.4 Å². The molecule has 0 atom stereocenters. The molecule has 0 fully saturated rings. The molecule has 0 aliphatic heterocycles. The Balaban J connectivity index is 2.25. The fraction of sp³-hybridized carbons (Fsp3) is 0.176. The van der Waals surface area contributed by atoms with E-state index in [1.807, 2.05) is 6.07 Å². The fourth-order valence-electron chi connectivity index (χ4n) is 2.57. The first-order valence-corrected chi connectivity index (χ1v) is 6.48. The van der Waals surface area contributed by atoms with E-state index in [0.717, 1.165) is 22.9 Å². The Labute approximate surface area is 112 Å². The van der Waals surface area contributed by atoms with Crippen LogP contribution in [0.2, 0.25) is 0 Å². The molecule has 2 nitrogen and oxygen atoms in total. The van der Waals surface area contributed by atoms with Crippen LogP contribution >= 0.6 is 0 Å². The van der Waals surface area contributed by atoms with Gasteiger partial charge in [0.1, 0.15) is 5.78 Å². The number of pyridine rings is 1. The van der Waals surface area contributed by atoms with Crippen molar-refractivity contribution < 1.29 is 4.79 Å². The molecule has 1 aromatic carbocycles. The summed E-state index contributed by atoms with van der Waals surface area (Å²) in [5, 5.41) is 1.10. The molecule has 0 spiro atoms. The van der Waals surface area contributed by atoms with Crippen molar-refractivity contribution in [1.82, 2.24) is 4.98 Å². The monoisotopic (exact) mass is 249 g/mol. The van der Waals surface area contributed by atoms with Crippen LogP contribution in [-0.2, 0) is 17.6 Å². The van der Waals surface area contributed by atoms with Gasteiger partial charge in [0.05, 0.1) is 5.52 Å². The number of aromatic nitrogens is 1. The summed E-state index contributed by atoms with van der Waals surface area (Å²) in [7, 11) is 0. The lowest BCUT2D eigenvalue weighted by molar-refractivity contribution is -0.116. The van der Waals surface area contributed by atoms with Crippen LogP contribution in [0.15, 0.2) is 42.6 Å². The summed E-state index contributed by atoms with van der Waals surface area (Å²) in [6.45, 7) is 1.63. The molecule has 0 radical (unpaired) electrons. The van der Waals surface area contributed by atoms with E-state index in [4.69, 9.17) is 0 Å². The predicted octanol–water partition coefficient (Wildman–Crippen LogP) is 3.49. The summed E-state index contributed by atoms with van der Waals surface area (Å²) in [6, 6.07) is 6.14. The second-order valence-corrected chi connectivity index (χ2v) is 4.87. The number of hydrogen-bond donors (Lipinski definition) is 0. The second-order valence-electron chi connectivity index (χ2n) is 4.87. The molecule has 0 amide bonds. The Morgan fingerprint density at radius 2 is 2.16 bits per heavy atom. The summed E-state index contributed by atoms with van der Waals surface area (Å²) in [6.07, 6.45) is 11.5. The number of carbonyl (C=O) groups is 1. The third-order valence-corrected chi connectivity index (χ3v) is 3.43. The Hall–Kier alpha value is -2.22. The van der Waals surface area contributed by atoms with Crippen LogP contribution in [-0.4, -0.2) is 10.8 Å². The SMILES string of the molecule is CC(=O)Cc1ccnc2c3c(ccc12)C=CC=CC3. The van der Waals surface area contributed by atoms with Gasteiger partial charge in [0.2, 0.25) is 0 Å². The topological polar surface area (TPSA) is 30.0 Å². The summed E-state index contributed by atoms with van der Waals surface area (Å²) in [4.78, 5) is 15.9. The summed E-state index contributed by atoms with van der Waals surface area (Å²) >= 11 is 0. The zero-order valence-corrected chi connectivity index (χ0v) is 10.9. The van der Waals surface area contributed by atoms with Gasteiger partial charge >= 0.3 is 0 Å². The van der Waals surface area contributed by atoms with Gasteiger partial charge in [-0.2, -0.15) is 0 Å². The highest BCUT2D eigenvalue weighted by molar-refractivity contribution is 5.91. The van der Waals surface area contributed by atoms with Crippen LogP contribution in [0.1, 0.15) is 23.6 Å². The van der Waals surface area contributed by atoms with E-state index in [0.29, 0.717) is 6.42 Å². The molecule has 0 saturated heterocycles. The number of hydrogen-bond acceptors (Lipinski definition) is 2. The molecule has 0 bridgehead atoms. The molecule has 3 rings (SSSR count). The van der Waals surface area contributed by atoms with Crippen molar-refractivity contribution in [2.45, 2.75) is 19.8 Å². The van der Waals surface area contributed by atoms with Gasteiger partial charge in [-0.1, -0.05) is 36.4 Å². The highest BCUT2D eigenvalue weighted by atomic mass is 16.1. The van der Waals surface area contributed by atoms with E-state index >= 15 is 0 Å². The number of rotatable bonds is 2. The van der Waals surface area contributed by atoms with Gasteiger partial charge in [-0.05, 0) is 36.1 Å². The third kappa shape index (κ3) is 2.22. The highest BCUT2D eigenvalue weighted by Crippen LogP contribution is 2.26. The van der Waals surface area contributed by atoms with Gasteiger partial charge in [0, 0.05) is 18.0 Å². The first kappa shape index (κ1) is 11.8. The van der Waals surface area contributed by atoms with Crippen LogP contribution in [0.3, 0.4) is 0 Å². The molecule has 1 aliphatic rings. The normalized spacial score (nSPS) is 13.3. The van der Waals surface area contributed by atoms with Crippen molar-refractivity contribution in [3.63, 3.8) is 0 Å². The number of carbonyl (C=O) groups excluding carboxylic acids is 1. The zero-order chi connectivity index (χ0) is 13.2. The molecule has 0 unspecified atom stereocenters. The largest absolute Gasteiger partial charge is 0.300 e. The van der Waals surface area contributed by atoms with Crippen molar-refractivity contribution in [3.05, 3.63) is 59.3 Å². The van der Waals surface area contributed by atoms with E-state index in [-0.39, 0.29) is 5.78 Å². The van der Waals surface area contributed by atoms with Crippen LogP contribution in [0.4, 0.5) is 0 Å². The van der Waals surface area contributed by atoms with E-state index in [1.54, 1.807) is 13.1 Å². The molecule has 2 heteroatoms. The van der Waals surface area contributed by atoms with Gasteiger partial charge in [-0.15, -0.1) is 0 Å². The lowest BCUT2D eigenvalue weighted by atomic mass is 9.97. The predicted molar refractivity (Wildman–Crippen MR) is 78.0 cm³/mol. The first-order chi connectivity index (χ1) is 9.25. The minimum atomic E-state index is 0.183. The molecule has 1 heterocycles. The zero-order valence-electron chi connectivity index (χ0n) is 10.9. The summed E-state index contributed by atoms with van der Waals surface area (Å²) in [5.74, 6) is 0.183. The van der Waals surface area contributed by atoms with E-state index < -0.39 is 0 Å². The molecular weight excluding hydrogens is 234 g/mol. The molecule has 2 aromatic rings. The Morgan fingerprint density at radius 3 is 3.00 bits per heavy atom. The van der Waals surface area contributed by atoms with Crippen molar-refractivity contribution in [3.8, 4) is 0 Å². The number of ketones is 1. The van der Waals surface area contributed by atoms with E-state index in [9.17, 15) is 4.79 Å². The standard InChI is InChI=1S/C17H15NO/c1-12(19)11-14-9-10-18-17-15-6-4-2-3-5-13(15)7-8-16(14)17/h2-5,7-10H,6,11H2,1H3. The molecule has 19 heavy (non-hydrogen) atoms. The maximum Gasteiger partial charge on any atom is 0.134 e. The lowest BCUT2D eigenvalue weighted by Crippen LogP contribution is -2.00.